The van der Waals surface area contributed by atoms with Crippen LogP contribution in [0.4, 0.5) is 0 Å². The van der Waals surface area contributed by atoms with Gasteiger partial charge >= 0.3 is 0 Å². The lowest BCUT2D eigenvalue weighted by atomic mass is 9.97. The van der Waals surface area contributed by atoms with Crippen LogP contribution in [0.5, 0.6) is 0 Å². The van der Waals surface area contributed by atoms with E-state index >= 15 is 0 Å². The van der Waals surface area contributed by atoms with Crippen molar-refractivity contribution in [3.8, 4) is 0 Å². The second kappa shape index (κ2) is 4.75. The topological polar surface area (TPSA) is 46.9 Å². The van der Waals surface area contributed by atoms with E-state index in [1.807, 2.05) is 13.1 Å². The predicted octanol–water partition coefficient (Wildman–Crippen LogP) is 2.21. The minimum absolute atomic E-state index is 0.0484. The van der Waals surface area contributed by atoms with Crippen LogP contribution in [0.2, 0.25) is 0 Å². The minimum atomic E-state index is 0.0484. The van der Waals surface area contributed by atoms with Gasteiger partial charge in [0.2, 0.25) is 0 Å². The molecule has 1 N–H and O–H groups in total. The average molecular weight is 247 g/mol. The van der Waals surface area contributed by atoms with Gasteiger partial charge in [-0.25, -0.2) is 0 Å². The zero-order valence-electron chi connectivity index (χ0n) is 10.9. The third-order valence-electron chi connectivity index (χ3n) is 4.62. The first-order chi connectivity index (χ1) is 8.78. The van der Waals surface area contributed by atoms with E-state index in [2.05, 4.69) is 10.4 Å². The Kier molecular flexibility index (Phi) is 3.10. The van der Waals surface area contributed by atoms with E-state index in [9.17, 15) is 4.79 Å². The van der Waals surface area contributed by atoms with Crippen molar-refractivity contribution in [2.45, 2.75) is 51.6 Å². The first-order valence-corrected chi connectivity index (χ1v) is 7.11. The lowest BCUT2D eigenvalue weighted by Crippen LogP contribution is -2.37. The summed E-state index contributed by atoms with van der Waals surface area (Å²) in [6, 6.07) is 0.398. The molecule has 1 aromatic heterocycles. The summed E-state index contributed by atoms with van der Waals surface area (Å²) in [5.41, 5.74) is 0.693. The fourth-order valence-electron chi connectivity index (χ4n) is 3.65. The highest BCUT2D eigenvalue weighted by Crippen LogP contribution is 2.43. The molecule has 2 aliphatic carbocycles. The molecule has 98 valence electrons. The van der Waals surface area contributed by atoms with E-state index in [0.29, 0.717) is 11.6 Å². The first-order valence-electron chi connectivity index (χ1n) is 7.11. The van der Waals surface area contributed by atoms with Gasteiger partial charge in [0.15, 0.2) is 0 Å². The minimum Gasteiger partial charge on any atom is -0.349 e. The Morgan fingerprint density at radius 3 is 3.11 bits per heavy atom. The lowest BCUT2D eigenvalue weighted by Gasteiger charge is -2.19. The van der Waals surface area contributed by atoms with Crippen molar-refractivity contribution >= 4 is 5.91 Å². The lowest BCUT2D eigenvalue weighted by molar-refractivity contribution is 0.0926. The monoisotopic (exact) mass is 247 g/mol. The van der Waals surface area contributed by atoms with Gasteiger partial charge in [0.05, 0.1) is 11.8 Å². The molecule has 2 fully saturated rings. The maximum absolute atomic E-state index is 12.2. The smallest absolute Gasteiger partial charge is 0.254 e. The predicted molar refractivity (Wildman–Crippen MR) is 69.2 cm³/mol. The van der Waals surface area contributed by atoms with Gasteiger partial charge in [0.25, 0.3) is 5.91 Å². The number of aryl methyl sites for hydroxylation is 1. The average Bonchev–Trinajstić information content (AvgIpc) is 3.05. The molecule has 4 heteroatoms. The third kappa shape index (κ3) is 2.04. The van der Waals surface area contributed by atoms with Gasteiger partial charge in [0, 0.05) is 18.8 Å². The van der Waals surface area contributed by atoms with Crippen LogP contribution in [0.15, 0.2) is 12.4 Å². The van der Waals surface area contributed by atoms with Gasteiger partial charge < -0.3 is 5.32 Å². The van der Waals surface area contributed by atoms with Crippen molar-refractivity contribution in [2.24, 2.45) is 11.8 Å². The molecule has 2 aliphatic rings. The van der Waals surface area contributed by atoms with Crippen molar-refractivity contribution in [3.63, 3.8) is 0 Å². The molecule has 3 unspecified atom stereocenters. The fourth-order valence-corrected chi connectivity index (χ4v) is 3.65. The number of aromatic nitrogens is 2. The van der Waals surface area contributed by atoms with Crippen molar-refractivity contribution in [1.29, 1.82) is 0 Å². The SMILES string of the molecule is CCn1cc(C(=O)NC2CCC3CCCC32)cn1. The van der Waals surface area contributed by atoms with E-state index < -0.39 is 0 Å². The summed E-state index contributed by atoms with van der Waals surface area (Å²) in [6.07, 6.45) is 9.95. The summed E-state index contributed by atoms with van der Waals surface area (Å²) in [5.74, 6) is 1.65. The van der Waals surface area contributed by atoms with Crippen molar-refractivity contribution in [1.82, 2.24) is 15.1 Å². The van der Waals surface area contributed by atoms with Crippen LogP contribution in [0.1, 0.15) is 49.4 Å². The molecule has 1 amide bonds. The molecular weight excluding hydrogens is 226 g/mol. The molecule has 4 nitrogen and oxygen atoms in total. The highest BCUT2D eigenvalue weighted by molar-refractivity contribution is 5.93. The second-order valence-corrected chi connectivity index (χ2v) is 5.60. The molecule has 3 atom stereocenters. The number of nitrogens with one attached hydrogen (secondary N) is 1. The van der Waals surface area contributed by atoms with Crippen LogP contribution in [0, 0.1) is 11.8 Å². The Balaban J connectivity index is 1.64. The molecule has 1 aromatic rings. The van der Waals surface area contributed by atoms with E-state index in [0.717, 1.165) is 24.8 Å². The van der Waals surface area contributed by atoms with Gasteiger partial charge in [-0.05, 0) is 38.0 Å². The summed E-state index contributed by atoms with van der Waals surface area (Å²) in [6.45, 7) is 2.83. The normalized spacial score (nSPS) is 30.4. The zero-order valence-corrected chi connectivity index (χ0v) is 10.9. The van der Waals surface area contributed by atoms with Crippen LogP contribution in [0.25, 0.3) is 0 Å². The summed E-state index contributed by atoms with van der Waals surface area (Å²) >= 11 is 0. The number of carbonyl (C=O) groups excluding carboxylic acids is 1. The molecule has 0 saturated heterocycles. The molecule has 2 saturated carbocycles. The number of nitrogens with zero attached hydrogens (tertiary/aromatic N) is 2. The number of hydrogen-bond donors (Lipinski definition) is 1. The molecule has 0 spiro atoms. The van der Waals surface area contributed by atoms with E-state index in [1.165, 1.54) is 25.7 Å². The Bertz CT molecular complexity index is 440. The van der Waals surface area contributed by atoms with Gasteiger partial charge in [-0.3, -0.25) is 9.48 Å². The van der Waals surface area contributed by atoms with Crippen molar-refractivity contribution in [3.05, 3.63) is 18.0 Å². The summed E-state index contributed by atoms with van der Waals surface area (Å²) < 4.78 is 1.79. The van der Waals surface area contributed by atoms with Gasteiger partial charge in [-0.1, -0.05) is 12.8 Å². The number of hydrogen-bond acceptors (Lipinski definition) is 2. The fraction of sp³-hybridized carbons (Fsp3) is 0.714. The molecule has 1 heterocycles. The van der Waals surface area contributed by atoms with Crippen molar-refractivity contribution < 1.29 is 4.79 Å². The van der Waals surface area contributed by atoms with Crippen LogP contribution >= 0.6 is 0 Å². The third-order valence-corrected chi connectivity index (χ3v) is 4.62. The standard InChI is InChI=1S/C14H21N3O/c1-2-17-9-11(8-15-17)14(18)16-13-7-6-10-4-3-5-12(10)13/h8-10,12-13H,2-7H2,1H3,(H,16,18). The maximum atomic E-state index is 12.2. The van der Waals surface area contributed by atoms with E-state index in [4.69, 9.17) is 0 Å². The highest BCUT2D eigenvalue weighted by atomic mass is 16.1. The molecule has 0 aliphatic heterocycles. The van der Waals surface area contributed by atoms with Crippen LogP contribution in [0.3, 0.4) is 0 Å². The number of carbonyl (C=O) groups is 1. The molecular formula is C14H21N3O. The summed E-state index contributed by atoms with van der Waals surface area (Å²) in [4.78, 5) is 12.2. The number of fused-ring (bicyclic) bond motifs is 1. The molecule has 18 heavy (non-hydrogen) atoms. The Morgan fingerprint density at radius 2 is 2.33 bits per heavy atom. The van der Waals surface area contributed by atoms with Crippen LogP contribution < -0.4 is 5.32 Å². The van der Waals surface area contributed by atoms with Crippen LogP contribution in [-0.2, 0) is 6.54 Å². The van der Waals surface area contributed by atoms with Gasteiger partial charge in [-0.2, -0.15) is 5.10 Å². The van der Waals surface area contributed by atoms with Crippen LogP contribution in [-0.4, -0.2) is 21.7 Å². The number of amides is 1. The second-order valence-electron chi connectivity index (χ2n) is 5.60. The largest absolute Gasteiger partial charge is 0.349 e. The Labute approximate surface area is 108 Å². The Hall–Kier alpha value is -1.32. The Morgan fingerprint density at radius 1 is 1.44 bits per heavy atom. The summed E-state index contributed by atoms with van der Waals surface area (Å²) in [5, 5.41) is 7.36. The quantitative estimate of drug-likeness (QED) is 0.890. The summed E-state index contributed by atoms with van der Waals surface area (Å²) in [7, 11) is 0. The van der Waals surface area contributed by atoms with Gasteiger partial charge in [-0.15, -0.1) is 0 Å². The highest BCUT2D eigenvalue weighted by Gasteiger charge is 2.39. The molecule has 0 bridgehead atoms. The molecule has 0 aromatic carbocycles. The van der Waals surface area contributed by atoms with E-state index in [-0.39, 0.29) is 5.91 Å². The van der Waals surface area contributed by atoms with Gasteiger partial charge in [0.1, 0.15) is 0 Å². The van der Waals surface area contributed by atoms with E-state index in [1.54, 1.807) is 10.9 Å². The zero-order chi connectivity index (χ0) is 12.5. The first kappa shape index (κ1) is 11.8. The molecule has 3 rings (SSSR count). The number of rotatable bonds is 3. The molecule has 0 radical (unpaired) electrons. The maximum Gasteiger partial charge on any atom is 0.254 e. The van der Waals surface area contributed by atoms with Crippen molar-refractivity contribution in [2.75, 3.05) is 0 Å².